The zero-order chi connectivity index (χ0) is 29.6. The highest BCUT2D eigenvalue weighted by Gasteiger charge is 2.66. The molecule has 5 rings (SSSR count). The van der Waals surface area contributed by atoms with Crippen molar-refractivity contribution in [3.8, 4) is 0 Å². The van der Waals surface area contributed by atoms with Crippen molar-refractivity contribution >= 4 is 33.7 Å². The van der Waals surface area contributed by atoms with Crippen LogP contribution in [-0.4, -0.2) is 62.1 Å². The number of ether oxygens (including phenoxy) is 1. The highest BCUT2D eigenvalue weighted by atomic mass is 28.4. The number of fused-ring (bicyclic) bond motifs is 1. The molecule has 4 heterocycles. The van der Waals surface area contributed by atoms with E-state index in [9.17, 15) is 4.79 Å². The average Bonchev–Trinajstić information content (AvgIpc) is 3.33. The highest BCUT2D eigenvalue weighted by Crippen LogP contribution is 2.57. The SMILES string of the molecule is C[C@H]1CCc2cn([C@@H]3O[C@@H]4CO[Si](C(C)(C)C)(C(C)(C)C)O[C@H]4[C@H]3O[Si](C)(C)C(C)(C)C)c3ncnc(c23)C1=O. The van der Waals surface area contributed by atoms with Crippen LogP contribution in [0.5, 0.6) is 0 Å². The van der Waals surface area contributed by atoms with Crippen LogP contribution in [0, 0.1) is 5.92 Å². The number of Topliss-reactive ketones (excluding diaryl/α,β-unsaturated/α-hetero) is 1. The smallest absolute Gasteiger partial charge is 0.349 e. The van der Waals surface area contributed by atoms with Gasteiger partial charge in [-0.25, -0.2) is 9.97 Å². The second-order valence-electron chi connectivity index (χ2n) is 15.7. The minimum atomic E-state index is -2.77. The standard InChI is InChI=1S/C30H49N3O5Si2/c1-18-13-14-19-15-33(26-21(19)22(23(18)34)31-17-32-26)27-25(37-39(11,12)28(2,3)4)24-20(36-27)16-35-40(38-24,29(5,6)7)30(8,9)10/h15,17-18,20,24-25,27H,13-14,16H2,1-12H3/t18-,20+,24+,25+,27+/m0/s1. The van der Waals surface area contributed by atoms with Gasteiger partial charge in [0.2, 0.25) is 0 Å². The number of hydrogen-bond donors (Lipinski definition) is 0. The Morgan fingerprint density at radius 3 is 2.30 bits per heavy atom. The molecule has 0 unspecified atom stereocenters. The third kappa shape index (κ3) is 4.57. The van der Waals surface area contributed by atoms with Crippen LogP contribution in [0.2, 0.25) is 28.2 Å². The van der Waals surface area contributed by atoms with E-state index in [1.54, 1.807) is 0 Å². The van der Waals surface area contributed by atoms with Crippen LogP contribution in [-0.2, 0) is 24.4 Å². The van der Waals surface area contributed by atoms with Crippen LogP contribution < -0.4 is 0 Å². The Morgan fingerprint density at radius 1 is 1.05 bits per heavy atom. The Kier molecular flexibility index (Phi) is 7.16. The normalized spacial score (nSPS) is 29.5. The van der Waals surface area contributed by atoms with E-state index in [2.05, 4.69) is 91.2 Å². The molecule has 0 spiro atoms. The second-order valence-corrected chi connectivity index (χ2v) is 25.2. The predicted molar refractivity (Wildman–Crippen MR) is 161 cm³/mol. The van der Waals surface area contributed by atoms with E-state index < -0.39 is 23.1 Å². The summed E-state index contributed by atoms with van der Waals surface area (Å²) in [6, 6.07) is 0. The minimum absolute atomic E-state index is 0.00597. The van der Waals surface area contributed by atoms with Crippen molar-refractivity contribution in [1.82, 2.24) is 14.5 Å². The minimum Gasteiger partial charge on any atom is -0.407 e. The van der Waals surface area contributed by atoms with Gasteiger partial charge in [-0.3, -0.25) is 4.79 Å². The molecule has 0 amide bonds. The summed E-state index contributed by atoms with van der Waals surface area (Å²) in [6.07, 6.45) is 3.89. The van der Waals surface area contributed by atoms with Gasteiger partial charge in [0.25, 0.3) is 0 Å². The van der Waals surface area contributed by atoms with Gasteiger partial charge in [0.15, 0.2) is 20.3 Å². The molecule has 10 heteroatoms. The lowest BCUT2D eigenvalue weighted by Crippen LogP contribution is -2.66. The fourth-order valence-corrected chi connectivity index (χ4v) is 12.9. The zero-order valence-electron chi connectivity index (χ0n) is 26.5. The Labute approximate surface area is 241 Å². The van der Waals surface area contributed by atoms with E-state index in [1.807, 2.05) is 6.92 Å². The molecule has 0 bridgehead atoms. The molecule has 5 atom stereocenters. The van der Waals surface area contributed by atoms with Crippen LogP contribution in [0.25, 0.3) is 11.0 Å². The van der Waals surface area contributed by atoms with Crippen LogP contribution >= 0.6 is 0 Å². The van der Waals surface area contributed by atoms with Gasteiger partial charge in [-0.1, -0.05) is 69.2 Å². The summed E-state index contributed by atoms with van der Waals surface area (Å²) >= 11 is 0. The van der Waals surface area contributed by atoms with E-state index in [4.69, 9.17) is 23.0 Å². The molecule has 2 fully saturated rings. The summed E-state index contributed by atoms with van der Waals surface area (Å²) in [7, 11) is -5.01. The Balaban J connectivity index is 1.64. The number of aryl methyl sites for hydroxylation is 1. The first kappa shape index (κ1) is 30.0. The lowest BCUT2D eigenvalue weighted by Gasteiger charge is -2.54. The summed E-state index contributed by atoms with van der Waals surface area (Å²) in [6.45, 7) is 27.2. The van der Waals surface area contributed by atoms with Crippen molar-refractivity contribution in [3.63, 3.8) is 0 Å². The van der Waals surface area contributed by atoms with Crippen LogP contribution in [0.15, 0.2) is 12.5 Å². The molecule has 222 valence electrons. The van der Waals surface area contributed by atoms with E-state index in [0.29, 0.717) is 12.3 Å². The molecule has 2 aromatic rings. The van der Waals surface area contributed by atoms with Crippen molar-refractivity contribution in [1.29, 1.82) is 0 Å². The van der Waals surface area contributed by atoms with E-state index in [0.717, 1.165) is 29.4 Å². The molecular formula is C30H49N3O5Si2. The molecule has 40 heavy (non-hydrogen) atoms. The lowest BCUT2D eigenvalue weighted by atomic mass is 10.0. The maximum atomic E-state index is 13.2. The maximum absolute atomic E-state index is 13.2. The van der Waals surface area contributed by atoms with E-state index in [1.165, 1.54) is 6.33 Å². The van der Waals surface area contributed by atoms with Gasteiger partial charge in [-0.15, -0.1) is 0 Å². The first-order valence-electron chi connectivity index (χ1n) is 14.8. The van der Waals surface area contributed by atoms with Crippen LogP contribution in [0.3, 0.4) is 0 Å². The summed E-state index contributed by atoms with van der Waals surface area (Å²) < 4.78 is 30.2. The summed E-state index contributed by atoms with van der Waals surface area (Å²) in [5.74, 6) is 0.0273. The third-order valence-corrected chi connectivity index (χ3v) is 19.3. The highest BCUT2D eigenvalue weighted by molar-refractivity contribution is 6.74. The molecule has 0 N–H and O–H groups in total. The Bertz CT molecular complexity index is 1290. The van der Waals surface area contributed by atoms with Crippen molar-refractivity contribution in [2.75, 3.05) is 6.61 Å². The van der Waals surface area contributed by atoms with Gasteiger partial charge < -0.3 is 22.6 Å². The van der Waals surface area contributed by atoms with Crippen molar-refractivity contribution in [2.24, 2.45) is 5.92 Å². The van der Waals surface area contributed by atoms with Crippen LogP contribution in [0.4, 0.5) is 0 Å². The molecule has 3 aliphatic rings. The topological polar surface area (TPSA) is 84.7 Å². The predicted octanol–water partition coefficient (Wildman–Crippen LogP) is 6.94. The fraction of sp³-hybridized carbons (Fsp3) is 0.767. The number of ketones is 1. The monoisotopic (exact) mass is 587 g/mol. The van der Waals surface area contributed by atoms with Gasteiger partial charge in [0, 0.05) is 22.2 Å². The fourth-order valence-electron chi connectivity index (χ4n) is 6.66. The summed E-state index contributed by atoms with van der Waals surface area (Å²) in [4.78, 5) is 22.4. The summed E-state index contributed by atoms with van der Waals surface area (Å²) in [5, 5.41) is 0.552. The van der Waals surface area contributed by atoms with Gasteiger partial charge in [0.1, 0.15) is 36.0 Å². The van der Waals surface area contributed by atoms with E-state index >= 15 is 0 Å². The first-order valence-corrected chi connectivity index (χ1v) is 19.6. The van der Waals surface area contributed by atoms with E-state index in [-0.39, 0.29) is 45.1 Å². The molecule has 0 radical (unpaired) electrons. The Morgan fingerprint density at radius 2 is 1.70 bits per heavy atom. The van der Waals surface area contributed by atoms with Gasteiger partial charge in [0.05, 0.1) is 12.0 Å². The molecule has 1 aliphatic carbocycles. The number of aromatic nitrogens is 3. The average molecular weight is 588 g/mol. The zero-order valence-corrected chi connectivity index (χ0v) is 28.5. The van der Waals surface area contributed by atoms with Gasteiger partial charge in [-0.2, -0.15) is 0 Å². The van der Waals surface area contributed by atoms with Crippen molar-refractivity contribution < 1.29 is 22.8 Å². The number of nitrogens with zero attached hydrogens (tertiary/aromatic N) is 3. The molecule has 0 aromatic carbocycles. The van der Waals surface area contributed by atoms with Crippen LogP contribution in [0.1, 0.15) is 97.9 Å². The molecule has 2 saturated heterocycles. The van der Waals surface area contributed by atoms with Crippen molar-refractivity contribution in [2.45, 2.75) is 135 Å². The van der Waals surface area contributed by atoms with Gasteiger partial charge in [-0.05, 0) is 36.5 Å². The number of rotatable bonds is 3. The molecule has 0 saturated carbocycles. The summed E-state index contributed by atoms with van der Waals surface area (Å²) in [5.41, 5.74) is 2.34. The molecule has 2 aromatic heterocycles. The first-order chi connectivity index (χ1) is 18.3. The second kappa shape index (κ2) is 9.54. The largest absolute Gasteiger partial charge is 0.407 e. The molecule has 8 nitrogen and oxygen atoms in total. The van der Waals surface area contributed by atoms with Gasteiger partial charge >= 0.3 is 8.56 Å². The molecular weight excluding hydrogens is 539 g/mol. The van der Waals surface area contributed by atoms with Crippen molar-refractivity contribution in [3.05, 3.63) is 23.8 Å². The number of carbonyl (C=O) groups is 1. The quantitative estimate of drug-likeness (QED) is 0.360. The lowest BCUT2D eigenvalue weighted by molar-refractivity contribution is -0.0794. The maximum Gasteiger partial charge on any atom is 0.349 e. The molecule has 2 aliphatic heterocycles. The number of hydrogen-bond acceptors (Lipinski definition) is 7. The Hall–Kier alpha value is -1.44. The third-order valence-electron chi connectivity index (χ3n) is 9.74. The number of carbonyl (C=O) groups excluding carboxylic acids is 1.